The quantitative estimate of drug-likeness (QED) is 0.667. The van der Waals surface area contributed by atoms with Crippen LogP contribution in [0.1, 0.15) is 11.1 Å². The van der Waals surface area contributed by atoms with E-state index >= 15 is 0 Å². The van der Waals surface area contributed by atoms with Crippen LogP contribution in [0.25, 0.3) is 0 Å². The summed E-state index contributed by atoms with van der Waals surface area (Å²) in [6, 6.07) is 16.4. The van der Waals surface area contributed by atoms with Crippen LogP contribution in [0.5, 0.6) is 5.75 Å². The van der Waals surface area contributed by atoms with Gasteiger partial charge in [-0.3, -0.25) is 4.90 Å². The summed E-state index contributed by atoms with van der Waals surface area (Å²) in [4.78, 5) is 2.30. The van der Waals surface area contributed by atoms with Gasteiger partial charge in [0.15, 0.2) is 3.95 Å². The minimum atomic E-state index is 0.655. The molecule has 0 radical (unpaired) electrons. The number of hydrogen-bond acceptors (Lipinski definition) is 6. The van der Waals surface area contributed by atoms with Crippen molar-refractivity contribution in [3.05, 3.63) is 63.6 Å². The predicted molar refractivity (Wildman–Crippen MR) is 108 cm³/mol. The van der Waals surface area contributed by atoms with Crippen LogP contribution in [0.4, 0.5) is 10.8 Å². The molecule has 1 N–H and O–H groups in total. The molecule has 0 unspecified atom stereocenters. The number of aryl methyl sites for hydroxylation is 1. The van der Waals surface area contributed by atoms with E-state index in [0.717, 1.165) is 33.6 Å². The molecule has 0 bridgehead atoms. The molecule has 0 saturated heterocycles. The van der Waals surface area contributed by atoms with Crippen LogP contribution >= 0.6 is 23.6 Å². The lowest BCUT2D eigenvalue weighted by Crippen LogP contribution is -2.28. The van der Waals surface area contributed by atoms with Crippen LogP contribution in [0, 0.1) is 10.9 Å². The molecule has 1 aliphatic heterocycles. The maximum atomic E-state index is 5.83. The molecule has 2 heterocycles. The number of nitrogens with one attached hydrogen (secondary N) is 1. The number of fused-ring (bicyclic) bond motifs is 1. The molecule has 7 heteroatoms. The Kier molecular flexibility index (Phi) is 5.01. The fourth-order valence-corrected chi connectivity index (χ4v) is 3.91. The summed E-state index contributed by atoms with van der Waals surface area (Å²) in [6.07, 6.45) is 0. The molecule has 3 aromatic rings. The van der Waals surface area contributed by atoms with E-state index in [4.69, 9.17) is 17.0 Å². The molecule has 26 heavy (non-hydrogen) atoms. The van der Waals surface area contributed by atoms with Crippen molar-refractivity contribution in [2.24, 2.45) is 0 Å². The molecule has 0 fully saturated rings. The number of aromatic nitrogens is 2. The average molecular weight is 385 g/mol. The van der Waals surface area contributed by atoms with Gasteiger partial charge in [0.1, 0.15) is 12.4 Å². The van der Waals surface area contributed by atoms with E-state index < -0.39 is 0 Å². The van der Waals surface area contributed by atoms with Crippen LogP contribution in [0.2, 0.25) is 0 Å². The van der Waals surface area contributed by atoms with Gasteiger partial charge in [-0.25, -0.2) is 4.68 Å². The standard InChI is InChI=1S/C19H20N4OS2/c1-14-6-8-16(9-7-14)20-18-21-23(19(25)26-18)13-22-10-11-24-17-5-3-2-4-15(17)12-22/h2-9H,10-13H2,1H3,(H,20,21). The highest BCUT2D eigenvalue weighted by Crippen LogP contribution is 2.24. The summed E-state index contributed by atoms with van der Waals surface area (Å²) in [6.45, 7) is 5.07. The summed E-state index contributed by atoms with van der Waals surface area (Å²) in [5.74, 6) is 0.971. The first-order chi connectivity index (χ1) is 12.7. The van der Waals surface area contributed by atoms with E-state index in [1.165, 1.54) is 22.5 Å². The summed E-state index contributed by atoms with van der Waals surface area (Å²) in [7, 11) is 0. The Balaban J connectivity index is 1.48. The largest absolute Gasteiger partial charge is 0.492 e. The van der Waals surface area contributed by atoms with Gasteiger partial charge in [-0.05, 0) is 37.3 Å². The molecule has 134 valence electrons. The van der Waals surface area contributed by atoms with Crippen molar-refractivity contribution in [2.75, 3.05) is 18.5 Å². The summed E-state index contributed by atoms with van der Waals surface area (Å²) >= 11 is 7.00. The van der Waals surface area contributed by atoms with Crippen molar-refractivity contribution in [1.82, 2.24) is 14.7 Å². The highest BCUT2D eigenvalue weighted by Gasteiger charge is 2.16. The molecule has 0 amide bonds. The lowest BCUT2D eigenvalue weighted by molar-refractivity contribution is 0.178. The van der Waals surface area contributed by atoms with Gasteiger partial charge in [0.05, 0.1) is 6.67 Å². The van der Waals surface area contributed by atoms with E-state index in [2.05, 4.69) is 40.4 Å². The normalized spacial score (nSPS) is 14.3. The van der Waals surface area contributed by atoms with Gasteiger partial charge in [0.25, 0.3) is 0 Å². The zero-order valence-corrected chi connectivity index (χ0v) is 16.1. The van der Waals surface area contributed by atoms with Gasteiger partial charge < -0.3 is 10.1 Å². The second-order valence-corrected chi connectivity index (χ2v) is 7.94. The van der Waals surface area contributed by atoms with E-state index in [9.17, 15) is 0 Å². The Hall–Kier alpha value is -2.22. The van der Waals surface area contributed by atoms with Crippen molar-refractivity contribution < 1.29 is 4.74 Å². The predicted octanol–water partition coefficient (Wildman–Crippen LogP) is 4.58. The summed E-state index contributed by atoms with van der Waals surface area (Å²) < 4.78 is 8.47. The van der Waals surface area contributed by atoms with E-state index in [1.807, 2.05) is 35.0 Å². The highest BCUT2D eigenvalue weighted by molar-refractivity contribution is 7.73. The minimum absolute atomic E-state index is 0.655. The lowest BCUT2D eigenvalue weighted by atomic mass is 10.2. The zero-order valence-electron chi connectivity index (χ0n) is 14.5. The van der Waals surface area contributed by atoms with Crippen LogP contribution in [0.3, 0.4) is 0 Å². The maximum Gasteiger partial charge on any atom is 0.209 e. The van der Waals surface area contributed by atoms with Gasteiger partial charge in [0, 0.05) is 24.3 Å². The SMILES string of the molecule is Cc1ccc(Nc2nn(CN3CCOc4ccccc4C3)c(=S)s2)cc1. The molecule has 1 aliphatic rings. The van der Waals surface area contributed by atoms with E-state index in [1.54, 1.807) is 0 Å². The van der Waals surface area contributed by atoms with Gasteiger partial charge in [-0.15, -0.1) is 5.10 Å². The van der Waals surface area contributed by atoms with Gasteiger partial charge >= 0.3 is 0 Å². The number of anilines is 2. The second-order valence-electron chi connectivity index (χ2n) is 6.31. The molecule has 0 atom stereocenters. The van der Waals surface area contributed by atoms with E-state index in [-0.39, 0.29) is 0 Å². The Bertz CT molecular complexity index is 949. The third-order valence-corrected chi connectivity index (χ3v) is 5.50. The number of ether oxygens (including phenoxy) is 1. The molecular weight excluding hydrogens is 364 g/mol. The number of para-hydroxylation sites is 1. The first kappa shape index (κ1) is 17.2. The molecule has 0 aliphatic carbocycles. The van der Waals surface area contributed by atoms with Crippen LogP contribution < -0.4 is 10.1 Å². The number of rotatable bonds is 4. The van der Waals surface area contributed by atoms with Crippen molar-refractivity contribution in [2.45, 2.75) is 20.1 Å². The van der Waals surface area contributed by atoms with Crippen molar-refractivity contribution >= 4 is 34.4 Å². The molecule has 4 rings (SSSR count). The zero-order chi connectivity index (χ0) is 17.9. The van der Waals surface area contributed by atoms with Crippen molar-refractivity contribution in [3.63, 3.8) is 0 Å². The minimum Gasteiger partial charge on any atom is -0.492 e. The summed E-state index contributed by atoms with van der Waals surface area (Å²) in [5.41, 5.74) is 3.45. The first-order valence-electron chi connectivity index (χ1n) is 8.52. The summed E-state index contributed by atoms with van der Waals surface area (Å²) in [5, 5.41) is 8.79. The van der Waals surface area contributed by atoms with Crippen molar-refractivity contribution in [3.8, 4) is 5.75 Å². The fraction of sp³-hybridized carbons (Fsp3) is 0.263. The number of hydrogen-bond donors (Lipinski definition) is 1. The maximum absolute atomic E-state index is 5.83. The Morgan fingerprint density at radius 3 is 2.85 bits per heavy atom. The highest BCUT2D eigenvalue weighted by atomic mass is 32.1. The Morgan fingerprint density at radius 1 is 1.19 bits per heavy atom. The molecule has 1 aromatic heterocycles. The lowest BCUT2D eigenvalue weighted by Gasteiger charge is -2.18. The topological polar surface area (TPSA) is 42.3 Å². The average Bonchev–Trinajstić information content (AvgIpc) is 2.85. The van der Waals surface area contributed by atoms with Crippen LogP contribution in [-0.4, -0.2) is 27.8 Å². The molecule has 2 aromatic carbocycles. The molecule has 0 spiro atoms. The number of nitrogens with zero attached hydrogens (tertiary/aromatic N) is 3. The van der Waals surface area contributed by atoms with Crippen LogP contribution in [0.15, 0.2) is 48.5 Å². The van der Waals surface area contributed by atoms with Crippen molar-refractivity contribution in [1.29, 1.82) is 0 Å². The third-order valence-electron chi connectivity index (χ3n) is 4.27. The fourth-order valence-electron chi connectivity index (χ4n) is 2.90. The van der Waals surface area contributed by atoms with Gasteiger partial charge in [-0.2, -0.15) is 0 Å². The monoisotopic (exact) mass is 384 g/mol. The van der Waals surface area contributed by atoms with E-state index in [0.29, 0.717) is 13.3 Å². The Labute approximate surface area is 161 Å². The van der Waals surface area contributed by atoms with Gasteiger partial charge in [0.2, 0.25) is 5.13 Å². The second kappa shape index (κ2) is 7.57. The smallest absolute Gasteiger partial charge is 0.209 e. The molecule has 0 saturated carbocycles. The third kappa shape index (κ3) is 3.95. The van der Waals surface area contributed by atoms with Crippen LogP contribution in [-0.2, 0) is 13.2 Å². The Morgan fingerprint density at radius 2 is 2.00 bits per heavy atom. The molecule has 5 nitrogen and oxygen atoms in total. The van der Waals surface area contributed by atoms with Gasteiger partial charge in [-0.1, -0.05) is 47.2 Å². The molecular formula is C19H20N4OS2. The number of benzene rings is 2. The first-order valence-corrected chi connectivity index (χ1v) is 9.74.